The van der Waals surface area contributed by atoms with Gasteiger partial charge < -0.3 is 20.5 Å². The van der Waals surface area contributed by atoms with Crippen LogP contribution in [0.2, 0.25) is 0 Å². The van der Waals surface area contributed by atoms with Crippen molar-refractivity contribution in [2.75, 3.05) is 19.0 Å². The van der Waals surface area contributed by atoms with Gasteiger partial charge in [-0.3, -0.25) is 4.79 Å². The Morgan fingerprint density at radius 3 is 2.72 bits per heavy atom. The molecule has 1 aromatic carbocycles. The molecule has 0 saturated carbocycles. The zero-order valence-electron chi connectivity index (χ0n) is 9.73. The minimum absolute atomic E-state index is 0.0315. The number of methoxy groups -OCH3 is 1. The molecule has 0 bridgehead atoms. The molecule has 0 aliphatic heterocycles. The third kappa shape index (κ3) is 4.27. The summed E-state index contributed by atoms with van der Waals surface area (Å²) in [4.78, 5) is 11.6. The molecular weight excluding hydrogens is 246 g/mol. The summed E-state index contributed by atoms with van der Waals surface area (Å²) in [6.07, 6.45) is 0. The topological polar surface area (TPSA) is 73.6 Å². The Balaban J connectivity index is 2.74. The van der Waals surface area contributed by atoms with Gasteiger partial charge in [0.05, 0.1) is 12.3 Å². The van der Waals surface area contributed by atoms with Crippen LogP contribution in [-0.4, -0.2) is 32.3 Å². The fourth-order valence-electron chi connectivity index (χ4n) is 1.25. The molecule has 1 atom stereocenters. The average Bonchev–Trinajstić information content (AvgIpc) is 2.31. The van der Waals surface area contributed by atoms with Crippen molar-refractivity contribution < 1.29 is 23.0 Å². The Bertz CT molecular complexity index is 402. The van der Waals surface area contributed by atoms with Crippen molar-refractivity contribution in [2.45, 2.75) is 12.7 Å². The molecule has 1 aromatic rings. The van der Waals surface area contributed by atoms with Crippen molar-refractivity contribution in [1.82, 2.24) is 0 Å². The summed E-state index contributed by atoms with van der Waals surface area (Å²) >= 11 is 0. The zero-order valence-corrected chi connectivity index (χ0v) is 9.73. The van der Waals surface area contributed by atoms with Gasteiger partial charge in [0.15, 0.2) is 0 Å². The van der Waals surface area contributed by atoms with E-state index in [0.29, 0.717) is 0 Å². The number of amides is 1. The highest BCUT2D eigenvalue weighted by Crippen LogP contribution is 2.25. The van der Waals surface area contributed by atoms with Gasteiger partial charge in [-0.2, -0.15) is 8.78 Å². The standard InChI is InChI=1S/C11H14F2N2O3/c1-17-6-7(14)10(16)15-8-4-2-3-5-9(8)18-11(12)13/h2-5,7,11H,6,14H2,1H3,(H,15,16). The second-order valence-corrected chi connectivity index (χ2v) is 3.43. The Kier molecular flexibility index (Phi) is 5.47. The lowest BCUT2D eigenvalue weighted by molar-refractivity contribution is -0.118. The summed E-state index contributed by atoms with van der Waals surface area (Å²) < 4.78 is 33.3. The molecule has 0 aromatic heterocycles. The van der Waals surface area contributed by atoms with E-state index in [2.05, 4.69) is 10.1 Å². The zero-order chi connectivity index (χ0) is 13.5. The van der Waals surface area contributed by atoms with Gasteiger partial charge in [0.1, 0.15) is 11.8 Å². The molecule has 0 heterocycles. The van der Waals surface area contributed by atoms with E-state index in [9.17, 15) is 13.6 Å². The minimum Gasteiger partial charge on any atom is -0.433 e. The van der Waals surface area contributed by atoms with E-state index in [1.165, 1.54) is 25.3 Å². The lowest BCUT2D eigenvalue weighted by Gasteiger charge is -2.14. The van der Waals surface area contributed by atoms with E-state index in [0.717, 1.165) is 0 Å². The molecule has 5 nitrogen and oxygen atoms in total. The summed E-state index contributed by atoms with van der Waals surface area (Å²) in [7, 11) is 1.40. The minimum atomic E-state index is -2.96. The summed E-state index contributed by atoms with van der Waals surface area (Å²) in [5, 5.41) is 2.40. The number of halogens is 2. The summed E-state index contributed by atoms with van der Waals surface area (Å²) in [5.74, 6) is -0.660. The molecule has 0 aliphatic rings. The maximum atomic E-state index is 12.1. The lowest BCUT2D eigenvalue weighted by Crippen LogP contribution is -2.39. The van der Waals surface area contributed by atoms with Crippen LogP contribution >= 0.6 is 0 Å². The first-order valence-corrected chi connectivity index (χ1v) is 5.13. The molecule has 1 rings (SSSR count). The number of alkyl halides is 2. The van der Waals surface area contributed by atoms with E-state index in [1.54, 1.807) is 6.07 Å². The Labute approximate surface area is 103 Å². The van der Waals surface area contributed by atoms with Crippen molar-refractivity contribution in [3.05, 3.63) is 24.3 Å². The first kappa shape index (κ1) is 14.3. The van der Waals surface area contributed by atoms with E-state index in [4.69, 9.17) is 10.5 Å². The largest absolute Gasteiger partial charge is 0.433 e. The number of hydrogen-bond acceptors (Lipinski definition) is 4. The lowest BCUT2D eigenvalue weighted by atomic mass is 10.2. The van der Waals surface area contributed by atoms with Crippen molar-refractivity contribution in [3.8, 4) is 5.75 Å². The fourth-order valence-corrected chi connectivity index (χ4v) is 1.25. The smallest absolute Gasteiger partial charge is 0.387 e. The molecular formula is C11H14F2N2O3. The number of carbonyl (C=O) groups is 1. The fraction of sp³-hybridized carbons (Fsp3) is 0.364. The highest BCUT2D eigenvalue weighted by atomic mass is 19.3. The number of nitrogens with one attached hydrogen (secondary N) is 1. The quantitative estimate of drug-likeness (QED) is 0.806. The third-order valence-electron chi connectivity index (χ3n) is 2.04. The second-order valence-electron chi connectivity index (χ2n) is 3.43. The van der Waals surface area contributed by atoms with E-state index < -0.39 is 18.6 Å². The Morgan fingerprint density at radius 1 is 1.44 bits per heavy atom. The SMILES string of the molecule is COCC(N)C(=O)Nc1ccccc1OC(F)F. The number of ether oxygens (including phenoxy) is 2. The summed E-state index contributed by atoms with van der Waals surface area (Å²) in [5.41, 5.74) is 5.63. The van der Waals surface area contributed by atoms with Crippen molar-refractivity contribution in [1.29, 1.82) is 0 Å². The van der Waals surface area contributed by atoms with Crippen LogP contribution in [0.1, 0.15) is 0 Å². The monoisotopic (exact) mass is 260 g/mol. The molecule has 18 heavy (non-hydrogen) atoms. The van der Waals surface area contributed by atoms with Gasteiger partial charge in [0, 0.05) is 7.11 Å². The molecule has 1 unspecified atom stereocenters. The molecule has 0 spiro atoms. The van der Waals surface area contributed by atoms with E-state index in [-0.39, 0.29) is 18.0 Å². The van der Waals surface area contributed by atoms with Crippen LogP contribution in [0.5, 0.6) is 5.75 Å². The van der Waals surface area contributed by atoms with Gasteiger partial charge in [0.25, 0.3) is 0 Å². The Hall–Kier alpha value is -1.73. The van der Waals surface area contributed by atoms with Crippen LogP contribution in [0, 0.1) is 0 Å². The normalized spacial score (nSPS) is 12.3. The highest BCUT2D eigenvalue weighted by molar-refractivity contribution is 5.96. The molecule has 100 valence electrons. The average molecular weight is 260 g/mol. The van der Waals surface area contributed by atoms with Crippen molar-refractivity contribution in [3.63, 3.8) is 0 Å². The van der Waals surface area contributed by atoms with Gasteiger partial charge in [-0.1, -0.05) is 12.1 Å². The van der Waals surface area contributed by atoms with Crippen LogP contribution in [0.3, 0.4) is 0 Å². The number of anilines is 1. The number of nitrogens with two attached hydrogens (primary N) is 1. The Morgan fingerprint density at radius 2 is 2.11 bits per heavy atom. The molecule has 0 saturated heterocycles. The maximum absolute atomic E-state index is 12.1. The number of benzene rings is 1. The van der Waals surface area contributed by atoms with Gasteiger partial charge in [-0.15, -0.1) is 0 Å². The molecule has 0 aliphatic carbocycles. The van der Waals surface area contributed by atoms with E-state index >= 15 is 0 Å². The van der Waals surface area contributed by atoms with Crippen LogP contribution in [0.4, 0.5) is 14.5 Å². The predicted molar refractivity (Wildman–Crippen MR) is 61.6 cm³/mol. The van der Waals surface area contributed by atoms with Crippen LogP contribution in [0.15, 0.2) is 24.3 Å². The van der Waals surface area contributed by atoms with Crippen molar-refractivity contribution in [2.24, 2.45) is 5.73 Å². The van der Waals surface area contributed by atoms with Gasteiger partial charge in [0.2, 0.25) is 5.91 Å². The van der Waals surface area contributed by atoms with E-state index in [1.807, 2.05) is 0 Å². The van der Waals surface area contributed by atoms with Gasteiger partial charge >= 0.3 is 6.61 Å². The first-order valence-electron chi connectivity index (χ1n) is 5.13. The third-order valence-corrected chi connectivity index (χ3v) is 2.04. The van der Waals surface area contributed by atoms with Crippen LogP contribution < -0.4 is 15.8 Å². The van der Waals surface area contributed by atoms with Gasteiger partial charge in [-0.05, 0) is 12.1 Å². The summed E-state index contributed by atoms with van der Waals surface area (Å²) in [6.45, 7) is -2.93. The van der Waals surface area contributed by atoms with Crippen LogP contribution in [-0.2, 0) is 9.53 Å². The molecule has 7 heteroatoms. The summed E-state index contributed by atoms with van der Waals surface area (Å²) in [6, 6.07) is 4.98. The van der Waals surface area contributed by atoms with Gasteiger partial charge in [-0.25, -0.2) is 0 Å². The van der Waals surface area contributed by atoms with Crippen LogP contribution in [0.25, 0.3) is 0 Å². The van der Waals surface area contributed by atoms with Crippen molar-refractivity contribution >= 4 is 11.6 Å². The number of para-hydroxylation sites is 2. The molecule has 3 N–H and O–H groups in total. The second kappa shape index (κ2) is 6.87. The number of carbonyl (C=O) groups excluding carboxylic acids is 1. The predicted octanol–water partition coefficient (Wildman–Crippen LogP) is 1.20. The number of hydrogen-bond donors (Lipinski definition) is 2. The molecule has 0 fully saturated rings. The maximum Gasteiger partial charge on any atom is 0.387 e. The molecule has 1 amide bonds. The highest BCUT2D eigenvalue weighted by Gasteiger charge is 2.16. The number of rotatable bonds is 6. The molecule has 0 radical (unpaired) electrons. The first-order chi connectivity index (χ1) is 8.54.